The molecule has 2 aliphatic heterocycles. The molecule has 1 amide bonds. The van der Waals surface area contributed by atoms with Crippen molar-refractivity contribution in [3.05, 3.63) is 35.9 Å². The van der Waals surface area contributed by atoms with E-state index in [0.717, 1.165) is 24.8 Å². The Kier molecular flexibility index (Phi) is 4.64. The van der Waals surface area contributed by atoms with Crippen molar-refractivity contribution < 1.29 is 19.0 Å². The van der Waals surface area contributed by atoms with Crippen molar-refractivity contribution in [2.45, 2.75) is 44.6 Å². The fourth-order valence-electron chi connectivity index (χ4n) is 2.98. The summed E-state index contributed by atoms with van der Waals surface area (Å²) in [5.74, 6) is -0.628. The van der Waals surface area contributed by atoms with Crippen molar-refractivity contribution in [1.82, 2.24) is 4.90 Å². The van der Waals surface area contributed by atoms with Crippen molar-refractivity contribution in [3.8, 4) is 0 Å². The summed E-state index contributed by atoms with van der Waals surface area (Å²) in [6, 6.07) is 9.85. The molecule has 1 spiro atoms. The third kappa shape index (κ3) is 3.42. The maximum absolute atomic E-state index is 12.4. The van der Waals surface area contributed by atoms with Crippen LogP contribution in [0.4, 0.5) is 4.79 Å². The average Bonchev–Trinajstić information content (AvgIpc) is 2.57. The van der Waals surface area contributed by atoms with Gasteiger partial charge in [0.15, 0.2) is 5.79 Å². The molecule has 22 heavy (non-hydrogen) atoms. The van der Waals surface area contributed by atoms with Crippen molar-refractivity contribution in [2.24, 2.45) is 0 Å². The molecule has 1 unspecified atom stereocenters. The molecule has 0 saturated carbocycles. The standard InChI is InChI=1S/C17H23NO4/c1-14-8-9-17(21-10-5-11-22-17)13-18(14)16(19)20-12-15-6-3-2-4-7-15/h2-4,6-7,14H,5,8-13H2,1H3. The van der Waals surface area contributed by atoms with Gasteiger partial charge < -0.3 is 19.1 Å². The maximum atomic E-state index is 12.4. The Hall–Kier alpha value is -1.59. The summed E-state index contributed by atoms with van der Waals surface area (Å²) in [4.78, 5) is 14.1. The Morgan fingerprint density at radius 1 is 1.32 bits per heavy atom. The van der Waals surface area contributed by atoms with Crippen LogP contribution in [0.25, 0.3) is 0 Å². The van der Waals surface area contributed by atoms with Crippen LogP contribution in [0.1, 0.15) is 31.7 Å². The van der Waals surface area contributed by atoms with Crippen molar-refractivity contribution in [2.75, 3.05) is 19.8 Å². The fourth-order valence-corrected chi connectivity index (χ4v) is 2.98. The topological polar surface area (TPSA) is 48.0 Å². The molecule has 2 fully saturated rings. The van der Waals surface area contributed by atoms with Crippen molar-refractivity contribution in [3.63, 3.8) is 0 Å². The van der Waals surface area contributed by atoms with Crippen LogP contribution in [-0.2, 0) is 20.8 Å². The van der Waals surface area contributed by atoms with E-state index in [4.69, 9.17) is 14.2 Å². The molecule has 2 heterocycles. The number of carbonyl (C=O) groups is 1. The van der Waals surface area contributed by atoms with Crippen LogP contribution >= 0.6 is 0 Å². The van der Waals surface area contributed by atoms with Crippen LogP contribution in [0.5, 0.6) is 0 Å². The fraction of sp³-hybridized carbons (Fsp3) is 0.588. The van der Waals surface area contributed by atoms with Crippen LogP contribution in [0, 0.1) is 0 Å². The number of amides is 1. The van der Waals surface area contributed by atoms with Crippen LogP contribution in [-0.4, -0.2) is 42.6 Å². The SMILES string of the molecule is CC1CCC2(CN1C(=O)OCc1ccccc1)OCCCO2. The van der Waals surface area contributed by atoms with Gasteiger partial charge in [0, 0.05) is 12.5 Å². The van der Waals surface area contributed by atoms with Gasteiger partial charge in [-0.25, -0.2) is 4.79 Å². The molecular weight excluding hydrogens is 282 g/mol. The highest BCUT2D eigenvalue weighted by Crippen LogP contribution is 2.32. The molecule has 2 aliphatic rings. The first kappa shape index (κ1) is 15.3. The Bertz CT molecular complexity index is 499. The van der Waals surface area contributed by atoms with Gasteiger partial charge in [0.25, 0.3) is 0 Å². The van der Waals surface area contributed by atoms with Gasteiger partial charge >= 0.3 is 6.09 Å². The molecule has 0 aliphatic carbocycles. The van der Waals surface area contributed by atoms with Gasteiger partial charge in [-0.3, -0.25) is 0 Å². The molecule has 0 radical (unpaired) electrons. The summed E-state index contributed by atoms with van der Waals surface area (Å²) >= 11 is 0. The van der Waals surface area contributed by atoms with Crippen LogP contribution in [0.3, 0.4) is 0 Å². The number of hydrogen-bond donors (Lipinski definition) is 0. The zero-order valence-electron chi connectivity index (χ0n) is 13.0. The Balaban J connectivity index is 1.60. The number of likely N-dealkylation sites (tertiary alicyclic amines) is 1. The van der Waals surface area contributed by atoms with Gasteiger partial charge in [-0.2, -0.15) is 0 Å². The minimum Gasteiger partial charge on any atom is -0.445 e. The predicted molar refractivity (Wildman–Crippen MR) is 81.3 cm³/mol. The molecule has 0 bridgehead atoms. The number of benzene rings is 1. The van der Waals surface area contributed by atoms with E-state index < -0.39 is 5.79 Å². The van der Waals surface area contributed by atoms with E-state index in [1.54, 1.807) is 4.90 Å². The molecule has 3 rings (SSSR count). The predicted octanol–water partition coefficient (Wildman–Crippen LogP) is 2.94. The Labute approximate surface area is 131 Å². The Morgan fingerprint density at radius 2 is 2.05 bits per heavy atom. The molecule has 0 N–H and O–H groups in total. The molecule has 1 atom stereocenters. The monoisotopic (exact) mass is 305 g/mol. The summed E-state index contributed by atoms with van der Waals surface area (Å²) in [7, 11) is 0. The summed E-state index contributed by atoms with van der Waals surface area (Å²) < 4.78 is 17.1. The highest BCUT2D eigenvalue weighted by molar-refractivity contribution is 5.68. The molecule has 1 aromatic rings. The second-order valence-corrected chi connectivity index (χ2v) is 6.02. The zero-order valence-corrected chi connectivity index (χ0v) is 13.0. The number of piperidine rings is 1. The molecule has 2 saturated heterocycles. The lowest BCUT2D eigenvalue weighted by atomic mass is 9.98. The largest absolute Gasteiger partial charge is 0.445 e. The van der Waals surface area contributed by atoms with Gasteiger partial charge in [-0.15, -0.1) is 0 Å². The first-order valence-corrected chi connectivity index (χ1v) is 7.94. The maximum Gasteiger partial charge on any atom is 0.410 e. The Morgan fingerprint density at radius 3 is 2.77 bits per heavy atom. The number of ether oxygens (including phenoxy) is 3. The average molecular weight is 305 g/mol. The van der Waals surface area contributed by atoms with Crippen molar-refractivity contribution in [1.29, 1.82) is 0 Å². The minimum atomic E-state index is -0.628. The lowest BCUT2D eigenvalue weighted by molar-refractivity contribution is -0.286. The number of rotatable bonds is 2. The minimum absolute atomic E-state index is 0.142. The van der Waals surface area contributed by atoms with Crippen LogP contribution < -0.4 is 0 Å². The van der Waals surface area contributed by atoms with Crippen LogP contribution in [0.2, 0.25) is 0 Å². The molecule has 5 nitrogen and oxygen atoms in total. The second-order valence-electron chi connectivity index (χ2n) is 6.02. The first-order valence-electron chi connectivity index (χ1n) is 7.94. The van der Waals surface area contributed by atoms with Crippen molar-refractivity contribution >= 4 is 6.09 Å². The van der Waals surface area contributed by atoms with E-state index in [0.29, 0.717) is 19.8 Å². The van der Waals surface area contributed by atoms with E-state index in [1.165, 1.54) is 0 Å². The van der Waals surface area contributed by atoms with Gasteiger partial charge in [-0.1, -0.05) is 30.3 Å². The van der Waals surface area contributed by atoms with E-state index in [9.17, 15) is 4.79 Å². The van der Waals surface area contributed by atoms with Gasteiger partial charge in [-0.05, 0) is 25.3 Å². The summed E-state index contributed by atoms with van der Waals surface area (Å²) in [6.45, 7) is 4.17. The van der Waals surface area contributed by atoms with Gasteiger partial charge in [0.05, 0.1) is 19.8 Å². The third-order valence-corrected chi connectivity index (χ3v) is 4.34. The lowest BCUT2D eigenvalue weighted by Crippen LogP contribution is -2.58. The molecule has 0 aromatic heterocycles. The lowest BCUT2D eigenvalue weighted by Gasteiger charge is -2.46. The number of hydrogen-bond acceptors (Lipinski definition) is 4. The summed E-state index contributed by atoms with van der Waals surface area (Å²) in [6.07, 6.45) is 2.31. The van der Waals surface area contributed by atoms with Gasteiger partial charge in [0.1, 0.15) is 6.61 Å². The first-order chi connectivity index (χ1) is 10.7. The second kappa shape index (κ2) is 6.67. The van der Waals surface area contributed by atoms with E-state index >= 15 is 0 Å². The molecular formula is C17H23NO4. The normalized spacial score (nSPS) is 24.2. The van der Waals surface area contributed by atoms with E-state index in [-0.39, 0.29) is 18.7 Å². The number of carbonyl (C=O) groups excluding carboxylic acids is 1. The molecule has 120 valence electrons. The summed E-state index contributed by atoms with van der Waals surface area (Å²) in [5.41, 5.74) is 0.986. The number of nitrogens with zero attached hydrogens (tertiary/aromatic N) is 1. The van der Waals surface area contributed by atoms with Gasteiger partial charge in [0.2, 0.25) is 0 Å². The highest BCUT2D eigenvalue weighted by atomic mass is 16.7. The smallest absolute Gasteiger partial charge is 0.410 e. The zero-order chi connectivity index (χ0) is 15.4. The van der Waals surface area contributed by atoms with Crippen LogP contribution in [0.15, 0.2) is 30.3 Å². The molecule has 5 heteroatoms. The molecule has 1 aromatic carbocycles. The van der Waals surface area contributed by atoms with E-state index in [1.807, 2.05) is 37.3 Å². The quantitative estimate of drug-likeness (QED) is 0.843. The highest BCUT2D eigenvalue weighted by Gasteiger charge is 2.43. The third-order valence-electron chi connectivity index (χ3n) is 4.34. The summed E-state index contributed by atoms with van der Waals surface area (Å²) in [5, 5.41) is 0. The van der Waals surface area contributed by atoms with E-state index in [2.05, 4.69) is 0 Å².